The van der Waals surface area contributed by atoms with Crippen molar-refractivity contribution >= 4 is 30.0 Å². The number of rotatable bonds is 8. The minimum Gasteiger partial charge on any atom is -0.480 e. The zero-order valence-electron chi connectivity index (χ0n) is 17.4. The number of nitrogens with one attached hydrogen (secondary N) is 1. The average Bonchev–Trinajstić information content (AvgIpc) is 2.61. The number of benzene rings is 1. The number of anilines is 1. The lowest BCUT2D eigenvalue weighted by Crippen LogP contribution is -2.48. The van der Waals surface area contributed by atoms with Gasteiger partial charge < -0.3 is 10.4 Å². The minimum absolute atomic E-state index is 0. The lowest BCUT2D eigenvalue weighted by molar-refractivity contribution is -0.139. The van der Waals surface area contributed by atoms with Crippen molar-refractivity contribution in [3.63, 3.8) is 0 Å². The molecule has 2 rings (SSSR count). The van der Waals surface area contributed by atoms with Crippen LogP contribution in [-0.4, -0.2) is 65.5 Å². The second-order valence-corrected chi connectivity index (χ2v) is 7.71. The van der Waals surface area contributed by atoms with Crippen LogP contribution >= 0.6 is 12.4 Å². The fourth-order valence-corrected chi connectivity index (χ4v) is 3.84. The van der Waals surface area contributed by atoms with Crippen molar-refractivity contribution in [2.24, 2.45) is 0 Å². The van der Waals surface area contributed by atoms with E-state index in [-0.39, 0.29) is 30.9 Å². The van der Waals surface area contributed by atoms with Crippen molar-refractivity contribution in [3.8, 4) is 0 Å². The van der Waals surface area contributed by atoms with Gasteiger partial charge in [-0.25, -0.2) is 0 Å². The third-order valence-corrected chi connectivity index (χ3v) is 5.38. The number of amides is 1. The molecule has 0 aromatic heterocycles. The highest BCUT2D eigenvalue weighted by molar-refractivity contribution is 5.94. The smallest absolute Gasteiger partial charge is 0.317 e. The number of carbonyl (C=O) groups excluding carboxylic acids is 1. The number of likely N-dealkylation sites (tertiary alicyclic amines) is 1. The van der Waals surface area contributed by atoms with Crippen molar-refractivity contribution in [2.45, 2.75) is 52.5 Å². The standard InChI is InChI=1S/C21H33N3O3.ClH/c1-5-24(14-20(26)27)17-9-11-23(12-10-17)13-19(25)22-21-16(4)7-6-8-18(21)15(2)3;/h6-8,15,17H,5,9-14H2,1-4H3,(H,22,25)(H,26,27);1H. The zero-order valence-corrected chi connectivity index (χ0v) is 18.2. The summed E-state index contributed by atoms with van der Waals surface area (Å²) in [7, 11) is 0. The van der Waals surface area contributed by atoms with Crippen LogP contribution in [0, 0.1) is 6.92 Å². The fourth-order valence-electron chi connectivity index (χ4n) is 3.84. The van der Waals surface area contributed by atoms with Crippen LogP contribution in [0.5, 0.6) is 0 Å². The summed E-state index contributed by atoms with van der Waals surface area (Å²) >= 11 is 0. The Labute approximate surface area is 174 Å². The second-order valence-electron chi connectivity index (χ2n) is 7.71. The molecule has 158 valence electrons. The van der Waals surface area contributed by atoms with Crippen LogP contribution in [0.25, 0.3) is 0 Å². The molecule has 0 saturated carbocycles. The number of hydrogen-bond donors (Lipinski definition) is 2. The van der Waals surface area contributed by atoms with Crippen molar-refractivity contribution in [2.75, 3.05) is 38.0 Å². The third-order valence-electron chi connectivity index (χ3n) is 5.38. The number of aliphatic carboxylic acids is 1. The van der Waals surface area contributed by atoms with Crippen molar-refractivity contribution in [3.05, 3.63) is 29.3 Å². The van der Waals surface area contributed by atoms with Gasteiger partial charge in [-0.15, -0.1) is 12.4 Å². The topological polar surface area (TPSA) is 72.9 Å². The number of para-hydroxylation sites is 1. The van der Waals surface area contributed by atoms with Crippen molar-refractivity contribution in [1.29, 1.82) is 0 Å². The monoisotopic (exact) mass is 411 g/mol. The fraction of sp³-hybridized carbons (Fsp3) is 0.619. The minimum atomic E-state index is -0.780. The molecule has 6 nitrogen and oxygen atoms in total. The molecule has 0 unspecified atom stereocenters. The Morgan fingerprint density at radius 3 is 2.46 bits per heavy atom. The first-order valence-electron chi connectivity index (χ1n) is 9.89. The lowest BCUT2D eigenvalue weighted by Gasteiger charge is -2.37. The van der Waals surface area contributed by atoms with Gasteiger partial charge in [0.2, 0.25) is 5.91 Å². The van der Waals surface area contributed by atoms with E-state index in [9.17, 15) is 9.59 Å². The van der Waals surface area contributed by atoms with Gasteiger partial charge in [0.15, 0.2) is 0 Å². The summed E-state index contributed by atoms with van der Waals surface area (Å²) < 4.78 is 0. The largest absolute Gasteiger partial charge is 0.480 e. The quantitative estimate of drug-likeness (QED) is 0.686. The molecule has 1 heterocycles. The average molecular weight is 412 g/mol. The maximum Gasteiger partial charge on any atom is 0.317 e. The molecule has 1 fully saturated rings. The first kappa shape index (κ1) is 24.4. The lowest BCUT2D eigenvalue weighted by atomic mass is 9.98. The number of carboxylic acid groups (broad SMARTS) is 1. The molecule has 1 aliphatic heterocycles. The number of carbonyl (C=O) groups is 2. The molecule has 1 saturated heterocycles. The van der Waals surface area contributed by atoms with E-state index >= 15 is 0 Å². The number of piperidine rings is 1. The Bertz CT molecular complexity index is 658. The molecular weight excluding hydrogens is 378 g/mol. The van der Waals surface area contributed by atoms with Gasteiger partial charge in [0, 0.05) is 24.8 Å². The molecule has 1 aliphatic rings. The number of carboxylic acids is 1. The Kier molecular flexibility index (Phi) is 9.93. The molecule has 1 aromatic carbocycles. The van der Waals surface area contributed by atoms with Crippen molar-refractivity contribution < 1.29 is 14.7 Å². The van der Waals surface area contributed by atoms with Gasteiger partial charge in [0.25, 0.3) is 0 Å². The molecule has 28 heavy (non-hydrogen) atoms. The van der Waals surface area contributed by atoms with E-state index in [0.29, 0.717) is 12.5 Å². The molecule has 0 spiro atoms. The summed E-state index contributed by atoms with van der Waals surface area (Å²) in [5, 5.41) is 12.1. The Hall–Kier alpha value is -1.63. The SMILES string of the molecule is CCN(CC(=O)O)C1CCN(CC(=O)Nc2c(C)cccc2C(C)C)CC1.Cl. The number of hydrogen-bond acceptors (Lipinski definition) is 4. The number of likely N-dealkylation sites (N-methyl/N-ethyl adjacent to an activating group) is 1. The number of aryl methyl sites for hydroxylation is 1. The molecule has 1 amide bonds. The normalized spacial score (nSPS) is 15.5. The molecule has 0 atom stereocenters. The Morgan fingerprint density at radius 2 is 1.93 bits per heavy atom. The Morgan fingerprint density at radius 1 is 1.29 bits per heavy atom. The van der Waals surface area contributed by atoms with Gasteiger partial charge in [-0.05, 0) is 43.4 Å². The molecule has 1 aromatic rings. The van der Waals surface area contributed by atoms with Gasteiger partial charge in [-0.3, -0.25) is 19.4 Å². The van der Waals surface area contributed by atoms with Crippen LogP contribution in [0.1, 0.15) is 50.7 Å². The summed E-state index contributed by atoms with van der Waals surface area (Å²) in [4.78, 5) is 27.8. The Balaban J connectivity index is 0.00000392. The predicted molar refractivity (Wildman–Crippen MR) is 115 cm³/mol. The van der Waals surface area contributed by atoms with Crippen LogP contribution in [0.2, 0.25) is 0 Å². The van der Waals surface area contributed by atoms with E-state index in [1.54, 1.807) is 0 Å². The van der Waals surface area contributed by atoms with Gasteiger partial charge in [-0.2, -0.15) is 0 Å². The maximum atomic E-state index is 12.6. The summed E-state index contributed by atoms with van der Waals surface area (Å²) in [6, 6.07) is 6.41. The van der Waals surface area contributed by atoms with Crippen LogP contribution in [0.4, 0.5) is 5.69 Å². The maximum absolute atomic E-state index is 12.6. The molecule has 2 N–H and O–H groups in total. The van der Waals surface area contributed by atoms with Crippen molar-refractivity contribution in [1.82, 2.24) is 9.80 Å². The second kappa shape index (κ2) is 11.4. The molecule has 0 bridgehead atoms. The van der Waals surface area contributed by atoms with Crippen LogP contribution < -0.4 is 5.32 Å². The van der Waals surface area contributed by atoms with E-state index in [4.69, 9.17) is 5.11 Å². The molecule has 0 radical (unpaired) electrons. The molecular formula is C21H34ClN3O3. The number of halogens is 1. The van der Waals surface area contributed by atoms with Gasteiger partial charge >= 0.3 is 5.97 Å². The van der Waals surface area contributed by atoms with Crippen LogP contribution in [0.15, 0.2) is 18.2 Å². The molecule has 7 heteroatoms. The van der Waals surface area contributed by atoms with E-state index in [1.165, 1.54) is 0 Å². The highest BCUT2D eigenvalue weighted by Crippen LogP contribution is 2.27. The van der Waals surface area contributed by atoms with Crippen LogP contribution in [0.3, 0.4) is 0 Å². The van der Waals surface area contributed by atoms with E-state index < -0.39 is 5.97 Å². The van der Waals surface area contributed by atoms with Gasteiger partial charge in [0.05, 0.1) is 13.1 Å². The number of nitrogens with zero attached hydrogens (tertiary/aromatic N) is 2. The third kappa shape index (κ3) is 6.76. The van der Waals surface area contributed by atoms with Crippen LogP contribution in [-0.2, 0) is 9.59 Å². The zero-order chi connectivity index (χ0) is 20.0. The first-order chi connectivity index (χ1) is 12.8. The highest BCUT2D eigenvalue weighted by Gasteiger charge is 2.26. The van der Waals surface area contributed by atoms with Gasteiger partial charge in [-0.1, -0.05) is 39.0 Å². The van der Waals surface area contributed by atoms with E-state index in [2.05, 4.69) is 30.1 Å². The first-order valence-corrected chi connectivity index (χ1v) is 9.89. The summed E-state index contributed by atoms with van der Waals surface area (Å²) in [6.07, 6.45) is 1.80. The van der Waals surface area contributed by atoms with E-state index in [0.717, 1.165) is 49.3 Å². The summed E-state index contributed by atoms with van der Waals surface area (Å²) in [5.41, 5.74) is 3.18. The van der Waals surface area contributed by atoms with Gasteiger partial charge in [0.1, 0.15) is 0 Å². The summed E-state index contributed by atoms with van der Waals surface area (Å²) in [5.74, 6) is -0.411. The van der Waals surface area contributed by atoms with E-state index in [1.807, 2.05) is 30.9 Å². The highest BCUT2D eigenvalue weighted by atomic mass is 35.5. The summed E-state index contributed by atoms with van der Waals surface area (Å²) in [6.45, 7) is 11.1. The molecule has 0 aliphatic carbocycles. The predicted octanol–water partition coefficient (Wildman–Crippen LogP) is 3.35.